The van der Waals surface area contributed by atoms with Gasteiger partial charge in [-0.15, -0.1) is 0 Å². The Bertz CT molecular complexity index is 1570. The smallest absolute Gasteiger partial charge is 0.237 e. The topological polar surface area (TPSA) is 120 Å². The molecule has 0 aliphatic rings. The van der Waals surface area contributed by atoms with Crippen molar-refractivity contribution in [2.75, 3.05) is 10.5 Å². The van der Waals surface area contributed by atoms with Gasteiger partial charge in [-0.1, -0.05) is 6.07 Å². The number of aromatic nitrogens is 3. The average molecular weight is 519 g/mol. The van der Waals surface area contributed by atoms with E-state index >= 15 is 0 Å². The summed E-state index contributed by atoms with van der Waals surface area (Å²) in [5.41, 5.74) is 5.34. The van der Waals surface area contributed by atoms with Crippen LogP contribution in [0.15, 0.2) is 54.9 Å². The van der Waals surface area contributed by atoms with Gasteiger partial charge in [0.2, 0.25) is 27.7 Å². The molecule has 4 rings (SSSR count). The maximum atomic E-state index is 14.8. The third-order valence-electron chi connectivity index (χ3n) is 4.96. The third kappa shape index (κ3) is 5.35. The number of nitrogens with one attached hydrogen (secondary N) is 1. The van der Waals surface area contributed by atoms with Gasteiger partial charge in [0.15, 0.2) is 17.4 Å². The fourth-order valence-electron chi connectivity index (χ4n) is 3.25. The highest BCUT2D eigenvalue weighted by Gasteiger charge is 2.25. The van der Waals surface area contributed by atoms with E-state index in [1.807, 2.05) is 0 Å². The first kappa shape index (κ1) is 24.9. The fraction of sp³-hybridized carbons (Fsp3) is 0.0870. The highest BCUT2D eigenvalue weighted by Crippen LogP contribution is 2.35. The Labute approximate surface area is 202 Å². The number of nitrogens with two attached hydrogens (primary N) is 1. The predicted octanol–water partition coefficient (Wildman–Crippen LogP) is 4.72. The molecule has 0 spiro atoms. The summed E-state index contributed by atoms with van der Waals surface area (Å²) in [7, 11) is -4.40. The molecule has 2 heterocycles. The monoisotopic (exact) mass is 519 g/mol. The first-order valence-electron chi connectivity index (χ1n) is 10.2. The average Bonchev–Trinajstić information content (AvgIpc) is 2.82. The molecule has 0 aliphatic heterocycles. The molecule has 3 N–H and O–H groups in total. The normalized spacial score (nSPS) is 11.4. The van der Waals surface area contributed by atoms with Crippen LogP contribution in [-0.2, 0) is 15.8 Å². The van der Waals surface area contributed by atoms with E-state index in [1.54, 1.807) is 4.72 Å². The van der Waals surface area contributed by atoms with Gasteiger partial charge < -0.3 is 10.5 Å². The maximum absolute atomic E-state index is 14.8. The Morgan fingerprint density at radius 3 is 2.50 bits per heavy atom. The van der Waals surface area contributed by atoms with Crippen molar-refractivity contribution in [2.45, 2.75) is 12.7 Å². The van der Waals surface area contributed by atoms with Crippen molar-refractivity contribution in [1.29, 1.82) is 0 Å². The van der Waals surface area contributed by atoms with Crippen LogP contribution in [0, 0.1) is 30.2 Å². The third-order valence-corrected chi connectivity index (χ3v) is 6.17. The van der Waals surface area contributed by atoms with E-state index in [0.717, 1.165) is 12.1 Å². The summed E-state index contributed by atoms with van der Waals surface area (Å²) < 4.78 is 89.7. The minimum absolute atomic E-state index is 0.0574. The number of hydrogen-bond donors (Lipinski definition) is 2. The molecule has 13 heteroatoms. The Morgan fingerprint density at radius 1 is 1.00 bits per heavy atom. The number of pyridine rings is 1. The minimum Gasteiger partial charge on any atom is -0.435 e. The highest BCUT2D eigenvalue weighted by atomic mass is 32.2. The molecule has 2 aromatic heterocycles. The molecular formula is C23H17F4N5O3S. The first-order valence-corrected chi connectivity index (χ1v) is 11.8. The lowest BCUT2D eigenvalue weighted by atomic mass is 10.1. The number of nitrogen functional groups attached to an aromatic ring is 1. The van der Waals surface area contributed by atoms with E-state index in [-0.39, 0.29) is 28.6 Å². The maximum Gasteiger partial charge on any atom is 0.237 e. The van der Waals surface area contributed by atoms with Gasteiger partial charge in [-0.2, -0.15) is 4.39 Å². The molecule has 2 aromatic carbocycles. The molecule has 8 nitrogen and oxygen atoms in total. The van der Waals surface area contributed by atoms with Gasteiger partial charge in [-0.05, 0) is 48.4 Å². The molecule has 186 valence electrons. The number of anilines is 2. The van der Waals surface area contributed by atoms with Crippen LogP contribution >= 0.6 is 0 Å². The Balaban J connectivity index is 1.64. The van der Waals surface area contributed by atoms with E-state index in [2.05, 4.69) is 15.0 Å². The predicted molar refractivity (Wildman–Crippen MR) is 123 cm³/mol. The summed E-state index contributed by atoms with van der Waals surface area (Å²) >= 11 is 0. The van der Waals surface area contributed by atoms with Gasteiger partial charge >= 0.3 is 0 Å². The fourth-order valence-corrected chi connectivity index (χ4v) is 4.56. The molecule has 0 fully saturated rings. The molecule has 0 bridgehead atoms. The van der Waals surface area contributed by atoms with Crippen molar-refractivity contribution < 1.29 is 30.7 Å². The van der Waals surface area contributed by atoms with E-state index in [1.165, 1.54) is 43.6 Å². The molecule has 0 radical (unpaired) electrons. The van der Waals surface area contributed by atoms with Gasteiger partial charge in [-0.3, -0.25) is 4.72 Å². The number of aryl methyl sites for hydroxylation is 1. The number of sulfonamides is 1. The van der Waals surface area contributed by atoms with Gasteiger partial charge in [0.25, 0.3) is 0 Å². The van der Waals surface area contributed by atoms with Crippen LogP contribution in [0.3, 0.4) is 0 Å². The van der Waals surface area contributed by atoms with Crippen LogP contribution in [0.4, 0.5) is 29.2 Å². The van der Waals surface area contributed by atoms with Crippen molar-refractivity contribution in [3.8, 4) is 22.9 Å². The second kappa shape index (κ2) is 9.77. The van der Waals surface area contributed by atoms with Crippen LogP contribution in [0.5, 0.6) is 11.6 Å². The molecule has 0 aliphatic carbocycles. The molecule has 4 aromatic rings. The summed E-state index contributed by atoms with van der Waals surface area (Å²) in [6.07, 6.45) is 2.66. The van der Waals surface area contributed by atoms with Crippen LogP contribution < -0.4 is 15.2 Å². The largest absolute Gasteiger partial charge is 0.435 e. The number of benzene rings is 2. The summed E-state index contributed by atoms with van der Waals surface area (Å²) in [6, 6.07) is 8.37. The zero-order valence-corrected chi connectivity index (χ0v) is 19.3. The standard InChI is InChI=1S/C23H17F4N5O3S/c1-12-9-14(24)5-4-13(12)11-36(33,34)32-21-16(25)10-18(19(26)20(21)27)35-22-15(3-2-7-29-22)17-6-8-30-23(28)31-17/h2-10,32H,11H2,1H3,(H2,28,30,31). The molecule has 0 amide bonds. The molecule has 0 atom stereocenters. The van der Waals surface area contributed by atoms with Gasteiger partial charge in [0.1, 0.15) is 11.5 Å². The first-order chi connectivity index (χ1) is 17.0. The lowest BCUT2D eigenvalue weighted by Crippen LogP contribution is -2.18. The summed E-state index contributed by atoms with van der Waals surface area (Å²) in [5.74, 6) is -7.41. The van der Waals surface area contributed by atoms with Gasteiger partial charge in [0, 0.05) is 18.5 Å². The second-order valence-electron chi connectivity index (χ2n) is 7.55. The van der Waals surface area contributed by atoms with Crippen LogP contribution in [-0.4, -0.2) is 23.4 Å². The van der Waals surface area contributed by atoms with Crippen LogP contribution in [0.25, 0.3) is 11.3 Å². The number of nitrogens with zero attached hydrogens (tertiary/aromatic N) is 3. The molecule has 0 unspecified atom stereocenters. The number of hydrogen-bond acceptors (Lipinski definition) is 7. The van der Waals surface area contributed by atoms with Crippen molar-refractivity contribution in [2.24, 2.45) is 0 Å². The second-order valence-corrected chi connectivity index (χ2v) is 9.27. The Kier molecular flexibility index (Phi) is 6.75. The Hall–Kier alpha value is -4.26. The van der Waals surface area contributed by atoms with Crippen molar-refractivity contribution in [3.05, 3.63) is 89.3 Å². The summed E-state index contributed by atoms with van der Waals surface area (Å²) in [5, 5.41) is 0. The summed E-state index contributed by atoms with van der Waals surface area (Å²) in [4.78, 5) is 11.7. The molecule has 0 saturated heterocycles. The lowest BCUT2D eigenvalue weighted by molar-refractivity contribution is 0.401. The number of halogens is 4. The van der Waals surface area contributed by atoms with Gasteiger partial charge in [-0.25, -0.2) is 36.5 Å². The van der Waals surface area contributed by atoms with Crippen molar-refractivity contribution in [1.82, 2.24) is 15.0 Å². The zero-order chi connectivity index (χ0) is 26.0. The van der Waals surface area contributed by atoms with Gasteiger partial charge in [0.05, 0.1) is 17.0 Å². The molecule has 0 saturated carbocycles. The number of rotatable bonds is 7. The molecular weight excluding hydrogens is 502 g/mol. The number of ether oxygens (including phenoxy) is 1. The van der Waals surface area contributed by atoms with E-state index in [4.69, 9.17) is 10.5 Å². The van der Waals surface area contributed by atoms with E-state index in [0.29, 0.717) is 11.6 Å². The lowest BCUT2D eigenvalue weighted by Gasteiger charge is -2.14. The summed E-state index contributed by atoms with van der Waals surface area (Å²) in [6.45, 7) is 1.47. The zero-order valence-electron chi connectivity index (χ0n) is 18.5. The highest BCUT2D eigenvalue weighted by molar-refractivity contribution is 7.91. The van der Waals surface area contributed by atoms with Crippen LogP contribution in [0.2, 0.25) is 0 Å². The SMILES string of the molecule is Cc1cc(F)ccc1CS(=O)(=O)Nc1c(F)cc(Oc2ncccc2-c2ccnc(N)n2)c(F)c1F. The quantitative estimate of drug-likeness (QED) is 0.268. The van der Waals surface area contributed by atoms with Crippen molar-refractivity contribution in [3.63, 3.8) is 0 Å². The van der Waals surface area contributed by atoms with Crippen molar-refractivity contribution >= 4 is 21.7 Å². The van der Waals surface area contributed by atoms with Crippen LogP contribution in [0.1, 0.15) is 11.1 Å². The molecule has 36 heavy (non-hydrogen) atoms. The Morgan fingerprint density at radius 2 is 1.78 bits per heavy atom. The minimum atomic E-state index is -4.40. The van der Waals surface area contributed by atoms with E-state index < -0.39 is 50.5 Å². The van der Waals surface area contributed by atoms with E-state index in [9.17, 15) is 26.0 Å².